The second kappa shape index (κ2) is 9.41. The minimum absolute atomic E-state index is 0.0959. The molecule has 2 aromatic rings. The van der Waals surface area contributed by atoms with Gasteiger partial charge in [0.15, 0.2) is 5.60 Å². The lowest BCUT2D eigenvalue weighted by Gasteiger charge is -2.33. The van der Waals surface area contributed by atoms with Crippen molar-refractivity contribution in [1.29, 1.82) is 0 Å². The number of likely N-dealkylation sites (tertiary alicyclic amines) is 1. The number of hydrogen-bond donors (Lipinski definition) is 2. The zero-order chi connectivity index (χ0) is 22.6. The van der Waals surface area contributed by atoms with E-state index in [1.165, 1.54) is 19.4 Å². The molecule has 0 radical (unpaired) electrons. The highest BCUT2D eigenvalue weighted by atomic mass is 16.5. The first-order valence-corrected chi connectivity index (χ1v) is 10.8. The number of ether oxygens (including phenoxy) is 1. The fourth-order valence-corrected chi connectivity index (χ4v) is 3.76. The van der Waals surface area contributed by atoms with Gasteiger partial charge in [-0.25, -0.2) is 9.59 Å². The minimum Gasteiger partial charge on any atom is -0.478 e. The van der Waals surface area contributed by atoms with Crippen LogP contribution in [0.1, 0.15) is 63.5 Å². The molecule has 2 N–H and O–H groups in total. The van der Waals surface area contributed by atoms with Gasteiger partial charge in [0.2, 0.25) is 0 Å². The van der Waals surface area contributed by atoms with E-state index in [0.29, 0.717) is 24.8 Å². The molecule has 1 fully saturated rings. The minimum atomic E-state index is -1.30. The lowest BCUT2D eigenvalue weighted by molar-refractivity contribution is -0.152. The molecule has 2 aromatic carbocycles. The molecular weight excluding hydrogens is 392 g/mol. The van der Waals surface area contributed by atoms with E-state index in [1.807, 2.05) is 47.4 Å². The average Bonchev–Trinajstić information content (AvgIpc) is 2.74. The summed E-state index contributed by atoms with van der Waals surface area (Å²) in [5.74, 6) is 0.143. The van der Waals surface area contributed by atoms with E-state index in [1.54, 1.807) is 6.07 Å². The van der Waals surface area contributed by atoms with Gasteiger partial charge in [0.1, 0.15) is 5.75 Å². The van der Waals surface area contributed by atoms with Crippen molar-refractivity contribution in [3.8, 4) is 5.75 Å². The van der Waals surface area contributed by atoms with Crippen LogP contribution in [0.15, 0.2) is 48.5 Å². The van der Waals surface area contributed by atoms with Crippen molar-refractivity contribution in [2.24, 2.45) is 0 Å². The Balaban J connectivity index is 1.65. The first-order chi connectivity index (χ1) is 14.7. The van der Waals surface area contributed by atoms with E-state index in [2.05, 4.69) is 19.2 Å². The van der Waals surface area contributed by atoms with Crippen LogP contribution in [0.5, 0.6) is 5.75 Å². The third-order valence-electron chi connectivity index (χ3n) is 5.75. The van der Waals surface area contributed by atoms with Crippen molar-refractivity contribution in [2.45, 2.75) is 58.0 Å². The highest BCUT2D eigenvalue weighted by molar-refractivity contribution is 5.89. The molecule has 3 rings (SSSR count). The van der Waals surface area contributed by atoms with Crippen molar-refractivity contribution < 1.29 is 19.4 Å². The fraction of sp³-hybridized carbons (Fsp3) is 0.440. The summed E-state index contributed by atoms with van der Waals surface area (Å²) in [4.78, 5) is 26.0. The van der Waals surface area contributed by atoms with Gasteiger partial charge >= 0.3 is 12.0 Å². The number of amides is 2. The van der Waals surface area contributed by atoms with Crippen LogP contribution in [0.25, 0.3) is 0 Å². The summed E-state index contributed by atoms with van der Waals surface area (Å²) < 4.78 is 5.68. The van der Waals surface area contributed by atoms with Gasteiger partial charge in [0.25, 0.3) is 0 Å². The quantitative estimate of drug-likeness (QED) is 0.645. The standard InChI is InChI=1S/C25H32N2O4/c1-17(2)18-10-12-21(13-11-18)26-24(30)27-14-6-8-20(16-27)19-7-5-9-22(15-19)31-25(3,4)23(28)29/h5,7,9-13,15,17,20H,6,8,14,16H2,1-4H3,(H,26,30)(H,28,29)/t20-/m1/s1. The van der Waals surface area contributed by atoms with Crippen molar-refractivity contribution in [2.75, 3.05) is 18.4 Å². The maximum Gasteiger partial charge on any atom is 0.347 e. The van der Waals surface area contributed by atoms with Gasteiger partial charge in [0, 0.05) is 24.7 Å². The monoisotopic (exact) mass is 424 g/mol. The van der Waals surface area contributed by atoms with E-state index in [0.717, 1.165) is 24.1 Å². The molecule has 166 valence electrons. The Morgan fingerprint density at radius 2 is 1.87 bits per heavy atom. The first-order valence-electron chi connectivity index (χ1n) is 10.8. The summed E-state index contributed by atoms with van der Waals surface area (Å²) in [6.07, 6.45) is 1.88. The number of carbonyl (C=O) groups is 2. The Bertz CT molecular complexity index is 921. The van der Waals surface area contributed by atoms with Crippen molar-refractivity contribution in [1.82, 2.24) is 4.90 Å². The van der Waals surface area contributed by atoms with Gasteiger partial charge in [-0.2, -0.15) is 0 Å². The Hall–Kier alpha value is -3.02. The SMILES string of the molecule is CC(C)c1ccc(NC(=O)N2CCC[C@@H](c3cccc(OC(C)(C)C(=O)O)c3)C2)cc1. The summed E-state index contributed by atoms with van der Waals surface area (Å²) in [5.41, 5.74) is 1.78. The Labute approximate surface area is 184 Å². The van der Waals surface area contributed by atoms with Crippen LogP contribution in [0, 0.1) is 0 Å². The van der Waals surface area contributed by atoms with Crippen LogP contribution in [-0.2, 0) is 4.79 Å². The Morgan fingerprint density at radius 3 is 2.52 bits per heavy atom. The molecule has 1 saturated heterocycles. The molecular formula is C25H32N2O4. The van der Waals surface area contributed by atoms with Crippen LogP contribution in [0.2, 0.25) is 0 Å². The van der Waals surface area contributed by atoms with E-state index in [4.69, 9.17) is 4.74 Å². The number of carboxylic acids is 1. The normalized spacial score (nSPS) is 16.8. The summed E-state index contributed by atoms with van der Waals surface area (Å²) >= 11 is 0. The average molecular weight is 425 g/mol. The number of anilines is 1. The van der Waals surface area contributed by atoms with E-state index in [9.17, 15) is 14.7 Å². The molecule has 1 aliphatic heterocycles. The molecule has 6 heteroatoms. The smallest absolute Gasteiger partial charge is 0.347 e. The molecule has 31 heavy (non-hydrogen) atoms. The van der Waals surface area contributed by atoms with Crippen molar-refractivity contribution in [3.05, 3.63) is 59.7 Å². The number of carbonyl (C=O) groups excluding carboxylic acids is 1. The number of rotatable bonds is 6. The predicted octanol–water partition coefficient (Wildman–Crippen LogP) is 5.46. The van der Waals surface area contributed by atoms with Gasteiger partial charge in [-0.1, -0.05) is 38.1 Å². The molecule has 0 unspecified atom stereocenters. The summed E-state index contributed by atoms with van der Waals surface area (Å²) in [5, 5.41) is 12.3. The summed E-state index contributed by atoms with van der Waals surface area (Å²) in [7, 11) is 0. The van der Waals surface area contributed by atoms with Crippen LogP contribution < -0.4 is 10.1 Å². The number of nitrogens with zero attached hydrogens (tertiary/aromatic N) is 1. The molecule has 6 nitrogen and oxygen atoms in total. The zero-order valence-electron chi connectivity index (χ0n) is 18.7. The Kier molecular flexibility index (Phi) is 6.88. The summed E-state index contributed by atoms with van der Waals surface area (Å²) in [6.45, 7) is 8.68. The first kappa shape index (κ1) is 22.7. The lowest BCUT2D eigenvalue weighted by Crippen LogP contribution is -2.41. The maximum atomic E-state index is 12.8. The molecule has 1 heterocycles. The van der Waals surface area contributed by atoms with E-state index >= 15 is 0 Å². The molecule has 0 saturated carbocycles. The molecule has 1 atom stereocenters. The van der Waals surface area contributed by atoms with Crippen molar-refractivity contribution in [3.63, 3.8) is 0 Å². The van der Waals surface area contributed by atoms with Gasteiger partial charge in [-0.05, 0) is 68.0 Å². The van der Waals surface area contributed by atoms with E-state index in [-0.39, 0.29) is 11.9 Å². The maximum absolute atomic E-state index is 12.8. The number of urea groups is 1. The second-order valence-electron chi connectivity index (χ2n) is 8.98. The predicted molar refractivity (Wildman–Crippen MR) is 122 cm³/mol. The molecule has 1 aliphatic rings. The van der Waals surface area contributed by atoms with Gasteiger partial charge in [0.05, 0.1) is 0 Å². The highest BCUT2D eigenvalue weighted by Gasteiger charge is 2.30. The summed E-state index contributed by atoms with van der Waals surface area (Å²) in [6, 6.07) is 15.4. The van der Waals surface area contributed by atoms with Crippen LogP contribution in [0.4, 0.5) is 10.5 Å². The molecule has 2 amide bonds. The van der Waals surface area contributed by atoms with Gasteiger partial charge in [-0.3, -0.25) is 0 Å². The second-order valence-corrected chi connectivity index (χ2v) is 8.98. The number of carboxylic acid groups (broad SMARTS) is 1. The van der Waals surface area contributed by atoms with Crippen LogP contribution in [0.3, 0.4) is 0 Å². The lowest BCUT2D eigenvalue weighted by atomic mass is 9.90. The molecule has 0 aromatic heterocycles. The number of piperidine rings is 1. The number of nitrogens with one attached hydrogen (secondary N) is 1. The van der Waals surface area contributed by atoms with Crippen molar-refractivity contribution >= 4 is 17.7 Å². The largest absolute Gasteiger partial charge is 0.478 e. The molecule has 0 spiro atoms. The number of aliphatic carboxylic acids is 1. The Morgan fingerprint density at radius 1 is 1.16 bits per heavy atom. The van der Waals surface area contributed by atoms with Gasteiger partial charge in [-0.15, -0.1) is 0 Å². The fourth-order valence-electron chi connectivity index (χ4n) is 3.76. The topological polar surface area (TPSA) is 78.9 Å². The number of benzene rings is 2. The third-order valence-corrected chi connectivity index (χ3v) is 5.75. The zero-order valence-corrected chi connectivity index (χ0v) is 18.7. The highest BCUT2D eigenvalue weighted by Crippen LogP contribution is 2.30. The van der Waals surface area contributed by atoms with Crippen LogP contribution >= 0.6 is 0 Å². The van der Waals surface area contributed by atoms with E-state index < -0.39 is 11.6 Å². The van der Waals surface area contributed by atoms with Gasteiger partial charge < -0.3 is 20.1 Å². The number of hydrogen-bond acceptors (Lipinski definition) is 3. The molecule has 0 aliphatic carbocycles. The molecule has 0 bridgehead atoms. The third kappa shape index (κ3) is 5.78. The van der Waals surface area contributed by atoms with Crippen LogP contribution in [-0.4, -0.2) is 40.7 Å².